The first-order valence-corrected chi connectivity index (χ1v) is 6.42. The van der Waals surface area contributed by atoms with Crippen molar-refractivity contribution in [3.63, 3.8) is 0 Å². The van der Waals surface area contributed by atoms with E-state index in [0.717, 1.165) is 16.5 Å². The zero-order valence-electron chi connectivity index (χ0n) is 9.87. The maximum Gasteiger partial charge on any atom is 0.211 e. The molecule has 2 aromatic rings. The molecular formula is C12H14N4S. The first-order valence-electron chi connectivity index (χ1n) is 5.43. The van der Waals surface area contributed by atoms with Crippen molar-refractivity contribution in [2.45, 2.75) is 19.0 Å². The number of hydrogen-bond acceptors (Lipinski definition) is 4. The minimum Gasteiger partial charge on any atom is -0.195 e. The number of aromatic nitrogens is 3. The van der Waals surface area contributed by atoms with Crippen molar-refractivity contribution in [2.24, 2.45) is 5.10 Å². The van der Waals surface area contributed by atoms with Crippen molar-refractivity contribution in [2.75, 3.05) is 5.75 Å². The first kappa shape index (κ1) is 11.9. The third-order valence-electron chi connectivity index (χ3n) is 2.18. The molecule has 0 bridgehead atoms. The Labute approximate surface area is 105 Å². The second-order valence-corrected chi connectivity index (χ2v) is 4.78. The lowest BCUT2D eigenvalue weighted by molar-refractivity contribution is 0.767. The van der Waals surface area contributed by atoms with Crippen LogP contribution < -0.4 is 0 Å². The van der Waals surface area contributed by atoms with E-state index in [4.69, 9.17) is 0 Å². The summed E-state index contributed by atoms with van der Waals surface area (Å²) in [5.74, 6) is 0.957. The van der Waals surface area contributed by atoms with Gasteiger partial charge in [-0.15, -0.1) is 10.2 Å². The Morgan fingerprint density at radius 1 is 1.35 bits per heavy atom. The second-order valence-electron chi connectivity index (χ2n) is 3.55. The van der Waals surface area contributed by atoms with Gasteiger partial charge >= 0.3 is 0 Å². The summed E-state index contributed by atoms with van der Waals surface area (Å²) in [5, 5.41) is 13.0. The van der Waals surface area contributed by atoms with Gasteiger partial charge in [-0.05, 0) is 18.2 Å². The fraction of sp³-hybridized carbons (Fsp3) is 0.250. The van der Waals surface area contributed by atoms with Crippen LogP contribution in [-0.2, 0) is 0 Å². The molecule has 0 fully saturated rings. The molecule has 0 aliphatic heterocycles. The number of aryl methyl sites for hydroxylation is 1. The molecule has 0 unspecified atom stereocenters. The van der Waals surface area contributed by atoms with E-state index in [-0.39, 0.29) is 0 Å². The van der Waals surface area contributed by atoms with E-state index in [0.29, 0.717) is 0 Å². The molecule has 0 atom stereocenters. The molecule has 4 nitrogen and oxygen atoms in total. The second kappa shape index (κ2) is 5.63. The zero-order valence-corrected chi connectivity index (χ0v) is 10.7. The lowest BCUT2D eigenvalue weighted by Gasteiger charge is -1.97. The maximum atomic E-state index is 4.33. The summed E-state index contributed by atoms with van der Waals surface area (Å²) in [6.45, 7) is 4.14. The predicted octanol–water partition coefficient (Wildman–Crippen LogP) is 2.58. The normalized spacial score (nSPS) is 11.2. The average molecular weight is 246 g/mol. The molecule has 1 heterocycles. The van der Waals surface area contributed by atoms with Crippen LogP contribution in [0.25, 0.3) is 0 Å². The molecule has 1 aromatic heterocycles. The summed E-state index contributed by atoms with van der Waals surface area (Å²) < 4.78 is 1.69. The standard InChI is InChI=1S/C12H14N4S/c1-3-17-12-15-13-9-16(12)14-8-11-6-4-10(2)5-7-11/h4-9H,3H2,1-2H3/b14-8-. The van der Waals surface area contributed by atoms with Crippen LogP contribution in [0.3, 0.4) is 0 Å². The average Bonchev–Trinajstić information content (AvgIpc) is 2.77. The number of benzene rings is 1. The molecule has 0 saturated carbocycles. The van der Waals surface area contributed by atoms with Gasteiger partial charge < -0.3 is 0 Å². The summed E-state index contributed by atoms with van der Waals surface area (Å²) in [5.41, 5.74) is 2.31. The van der Waals surface area contributed by atoms with E-state index in [1.54, 1.807) is 22.8 Å². The highest BCUT2D eigenvalue weighted by Crippen LogP contribution is 2.13. The van der Waals surface area contributed by atoms with Crippen molar-refractivity contribution in [1.82, 2.24) is 14.9 Å². The Morgan fingerprint density at radius 3 is 2.82 bits per heavy atom. The first-order chi connectivity index (χ1) is 8.29. The Hall–Kier alpha value is -1.62. The monoisotopic (exact) mass is 246 g/mol. The summed E-state index contributed by atoms with van der Waals surface area (Å²) in [6, 6.07) is 8.20. The molecule has 0 saturated heterocycles. The molecule has 0 spiro atoms. The van der Waals surface area contributed by atoms with Crippen LogP contribution in [0.1, 0.15) is 18.1 Å². The van der Waals surface area contributed by atoms with Gasteiger partial charge in [0.25, 0.3) is 0 Å². The Kier molecular flexibility index (Phi) is 3.93. The SMILES string of the molecule is CCSc1nncn1/N=C\c1ccc(C)cc1. The summed E-state index contributed by atoms with van der Waals surface area (Å²) in [7, 11) is 0. The van der Waals surface area contributed by atoms with Gasteiger partial charge in [0.15, 0.2) is 0 Å². The van der Waals surface area contributed by atoms with E-state index in [9.17, 15) is 0 Å². The minimum absolute atomic E-state index is 0.816. The van der Waals surface area contributed by atoms with Crippen molar-refractivity contribution >= 4 is 18.0 Å². The van der Waals surface area contributed by atoms with E-state index in [2.05, 4.69) is 41.3 Å². The quantitative estimate of drug-likeness (QED) is 0.615. The van der Waals surface area contributed by atoms with E-state index >= 15 is 0 Å². The van der Waals surface area contributed by atoms with Crippen LogP contribution in [-0.4, -0.2) is 26.8 Å². The van der Waals surface area contributed by atoms with Crippen molar-refractivity contribution < 1.29 is 0 Å². The van der Waals surface area contributed by atoms with Crippen LogP contribution in [0.15, 0.2) is 40.9 Å². The maximum absolute atomic E-state index is 4.33. The number of rotatable bonds is 4. The van der Waals surface area contributed by atoms with E-state index < -0.39 is 0 Å². The molecule has 88 valence electrons. The molecule has 1 aromatic carbocycles. The number of nitrogens with zero attached hydrogens (tertiary/aromatic N) is 4. The highest BCUT2D eigenvalue weighted by atomic mass is 32.2. The molecule has 0 aliphatic rings. The topological polar surface area (TPSA) is 43.1 Å². The van der Waals surface area contributed by atoms with Crippen LogP contribution in [0.4, 0.5) is 0 Å². The molecule has 0 amide bonds. The van der Waals surface area contributed by atoms with Gasteiger partial charge in [0.05, 0.1) is 6.21 Å². The zero-order chi connectivity index (χ0) is 12.1. The van der Waals surface area contributed by atoms with Crippen LogP contribution in [0, 0.1) is 6.92 Å². The number of thioether (sulfide) groups is 1. The highest BCUT2D eigenvalue weighted by Gasteiger charge is 2.00. The van der Waals surface area contributed by atoms with Gasteiger partial charge in [-0.25, -0.2) is 0 Å². The summed E-state index contributed by atoms with van der Waals surface area (Å²) in [4.78, 5) is 0. The lowest BCUT2D eigenvalue weighted by atomic mass is 10.2. The summed E-state index contributed by atoms with van der Waals surface area (Å²) in [6.07, 6.45) is 3.42. The van der Waals surface area contributed by atoms with Gasteiger partial charge in [0, 0.05) is 0 Å². The predicted molar refractivity (Wildman–Crippen MR) is 70.6 cm³/mol. The third kappa shape index (κ3) is 3.17. The van der Waals surface area contributed by atoms with Gasteiger partial charge in [0.1, 0.15) is 6.33 Å². The van der Waals surface area contributed by atoms with Crippen LogP contribution in [0.5, 0.6) is 0 Å². The van der Waals surface area contributed by atoms with Gasteiger partial charge in [-0.2, -0.15) is 9.78 Å². The van der Waals surface area contributed by atoms with Crippen molar-refractivity contribution in [1.29, 1.82) is 0 Å². The van der Waals surface area contributed by atoms with Gasteiger partial charge in [-0.3, -0.25) is 0 Å². The largest absolute Gasteiger partial charge is 0.211 e. The molecule has 0 aliphatic carbocycles. The van der Waals surface area contributed by atoms with E-state index in [1.807, 2.05) is 18.3 Å². The molecule has 0 N–H and O–H groups in total. The lowest BCUT2D eigenvalue weighted by Crippen LogP contribution is -1.92. The fourth-order valence-corrected chi connectivity index (χ4v) is 1.89. The van der Waals surface area contributed by atoms with Gasteiger partial charge in [0.2, 0.25) is 5.16 Å². The van der Waals surface area contributed by atoms with Crippen molar-refractivity contribution in [3.05, 3.63) is 41.7 Å². The highest BCUT2D eigenvalue weighted by molar-refractivity contribution is 7.99. The molecule has 5 heteroatoms. The fourth-order valence-electron chi connectivity index (χ4n) is 1.30. The van der Waals surface area contributed by atoms with E-state index in [1.165, 1.54) is 5.56 Å². The Morgan fingerprint density at radius 2 is 2.12 bits per heavy atom. The smallest absolute Gasteiger partial charge is 0.195 e. The minimum atomic E-state index is 0.816. The number of hydrogen-bond donors (Lipinski definition) is 0. The molecular weight excluding hydrogens is 232 g/mol. The molecule has 0 radical (unpaired) electrons. The van der Waals surface area contributed by atoms with Crippen molar-refractivity contribution in [3.8, 4) is 0 Å². The summed E-state index contributed by atoms with van der Waals surface area (Å²) >= 11 is 1.62. The van der Waals surface area contributed by atoms with Crippen LogP contribution in [0.2, 0.25) is 0 Å². The molecule has 2 rings (SSSR count). The van der Waals surface area contributed by atoms with Gasteiger partial charge in [-0.1, -0.05) is 48.5 Å². The van der Waals surface area contributed by atoms with Crippen LogP contribution >= 0.6 is 11.8 Å². The molecule has 17 heavy (non-hydrogen) atoms. The third-order valence-corrected chi connectivity index (χ3v) is 3.00. The Bertz CT molecular complexity index is 501. The Balaban J connectivity index is 2.14.